The highest BCUT2D eigenvalue weighted by Gasteiger charge is 2.21. The molecule has 0 radical (unpaired) electrons. The Morgan fingerprint density at radius 1 is 1.16 bits per heavy atom. The van der Waals surface area contributed by atoms with E-state index < -0.39 is 0 Å². The Hall–Kier alpha value is -1.63. The first-order valence-corrected chi connectivity index (χ1v) is 8.95. The highest BCUT2D eigenvalue weighted by atomic mass is 16.5. The number of rotatable bonds is 9. The highest BCUT2D eigenvalue weighted by molar-refractivity contribution is 5.76. The number of hydrogen-bond donors (Lipinski definition) is 1. The molecule has 1 atom stereocenters. The second-order valence-electron chi connectivity index (χ2n) is 6.59. The number of nitrogens with one attached hydrogen (secondary N) is 1. The van der Waals surface area contributed by atoms with Crippen LogP contribution < -0.4 is 10.1 Å². The van der Waals surface area contributed by atoms with Crippen molar-refractivity contribution in [3.8, 4) is 5.75 Å². The predicted octanol–water partition coefficient (Wildman–Crippen LogP) is 1.53. The summed E-state index contributed by atoms with van der Waals surface area (Å²) in [6.07, 6.45) is 1.23. The van der Waals surface area contributed by atoms with Crippen LogP contribution >= 0.6 is 0 Å². The van der Waals surface area contributed by atoms with Gasteiger partial charge in [0.25, 0.3) is 0 Å². The van der Waals surface area contributed by atoms with Gasteiger partial charge in [-0.05, 0) is 31.2 Å². The van der Waals surface area contributed by atoms with E-state index in [-0.39, 0.29) is 11.9 Å². The average molecular weight is 349 g/mol. The van der Waals surface area contributed by atoms with Crippen LogP contribution in [0.15, 0.2) is 24.3 Å². The third-order valence-corrected chi connectivity index (χ3v) is 4.64. The van der Waals surface area contributed by atoms with E-state index in [1.54, 1.807) is 14.2 Å². The Morgan fingerprint density at radius 3 is 2.44 bits per heavy atom. The lowest BCUT2D eigenvalue weighted by atomic mass is 10.0. The van der Waals surface area contributed by atoms with Crippen LogP contribution in [0.2, 0.25) is 0 Å². The van der Waals surface area contributed by atoms with E-state index >= 15 is 0 Å². The van der Waals surface area contributed by atoms with Crippen molar-refractivity contribution < 1.29 is 14.3 Å². The largest absolute Gasteiger partial charge is 0.497 e. The molecule has 1 amide bonds. The maximum absolute atomic E-state index is 12.3. The fraction of sp³-hybridized carbons (Fsp3) is 0.632. The minimum atomic E-state index is -0.00985. The molecule has 0 aromatic heterocycles. The maximum Gasteiger partial charge on any atom is 0.220 e. The van der Waals surface area contributed by atoms with E-state index in [1.165, 1.54) is 0 Å². The van der Waals surface area contributed by atoms with Crippen molar-refractivity contribution in [2.75, 3.05) is 60.6 Å². The van der Waals surface area contributed by atoms with Crippen molar-refractivity contribution in [2.45, 2.75) is 18.9 Å². The van der Waals surface area contributed by atoms with E-state index in [1.807, 2.05) is 24.3 Å². The van der Waals surface area contributed by atoms with Gasteiger partial charge in [-0.1, -0.05) is 12.1 Å². The second kappa shape index (κ2) is 10.4. The van der Waals surface area contributed by atoms with Gasteiger partial charge < -0.3 is 19.7 Å². The monoisotopic (exact) mass is 349 g/mol. The lowest BCUT2D eigenvalue weighted by Crippen LogP contribution is -2.47. The molecule has 6 nitrogen and oxygen atoms in total. The molecule has 0 bridgehead atoms. The van der Waals surface area contributed by atoms with Crippen LogP contribution in [0.1, 0.15) is 24.4 Å². The Morgan fingerprint density at radius 2 is 1.84 bits per heavy atom. The van der Waals surface area contributed by atoms with Gasteiger partial charge in [-0.25, -0.2) is 0 Å². The van der Waals surface area contributed by atoms with Gasteiger partial charge in [-0.2, -0.15) is 0 Å². The van der Waals surface area contributed by atoms with Crippen molar-refractivity contribution in [1.29, 1.82) is 0 Å². The zero-order valence-corrected chi connectivity index (χ0v) is 15.7. The minimum Gasteiger partial charge on any atom is -0.497 e. The minimum absolute atomic E-state index is 0.00985. The van der Waals surface area contributed by atoms with Crippen molar-refractivity contribution in [3.05, 3.63) is 29.8 Å². The number of hydrogen-bond acceptors (Lipinski definition) is 5. The number of carbonyl (C=O) groups excluding carboxylic acids is 1. The van der Waals surface area contributed by atoms with Crippen molar-refractivity contribution in [3.63, 3.8) is 0 Å². The van der Waals surface area contributed by atoms with Gasteiger partial charge in [-0.3, -0.25) is 9.69 Å². The number of piperazine rings is 1. The fourth-order valence-electron chi connectivity index (χ4n) is 3.00. The Bertz CT molecular complexity index is 513. The van der Waals surface area contributed by atoms with Crippen LogP contribution in [0.3, 0.4) is 0 Å². The van der Waals surface area contributed by atoms with Crippen molar-refractivity contribution in [2.24, 2.45) is 0 Å². The Kier molecular flexibility index (Phi) is 8.18. The third kappa shape index (κ3) is 6.65. The van der Waals surface area contributed by atoms with E-state index in [2.05, 4.69) is 22.2 Å². The molecular formula is C19H31N3O3. The summed E-state index contributed by atoms with van der Waals surface area (Å²) in [4.78, 5) is 17.1. The third-order valence-electron chi connectivity index (χ3n) is 4.64. The van der Waals surface area contributed by atoms with Crippen LogP contribution in [0.5, 0.6) is 5.75 Å². The van der Waals surface area contributed by atoms with Crippen molar-refractivity contribution in [1.82, 2.24) is 15.1 Å². The van der Waals surface area contributed by atoms with Crippen molar-refractivity contribution >= 4 is 5.91 Å². The van der Waals surface area contributed by atoms with Gasteiger partial charge in [0.1, 0.15) is 5.75 Å². The normalized spacial score (nSPS) is 17.2. The summed E-state index contributed by atoms with van der Waals surface area (Å²) in [6, 6.07) is 7.96. The average Bonchev–Trinajstić information content (AvgIpc) is 2.63. The molecule has 0 unspecified atom stereocenters. The number of ether oxygens (including phenoxy) is 2. The van der Waals surface area contributed by atoms with Gasteiger partial charge in [0.2, 0.25) is 5.91 Å². The molecule has 6 heteroatoms. The molecule has 0 spiro atoms. The number of methoxy groups -OCH3 is 2. The molecule has 1 aliphatic rings. The lowest BCUT2D eigenvalue weighted by Gasteiger charge is -2.35. The molecule has 0 aliphatic carbocycles. The summed E-state index contributed by atoms with van der Waals surface area (Å²) in [5.41, 5.74) is 1.11. The van der Waals surface area contributed by atoms with Gasteiger partial charge in [-0.15, -0.1) is 0 Å². The molecule has 1 aromatic rings. The van der Waals surface area contributed by atoms with Crippen LogP contribution in [0.25, 0.3) is 0 Å². The molecule has 0 saturated carbocycles. The van der Waals surface area contributed by atoms with Gasteiger partial charge in [0, 0.05) is 52.9 Å². The Labute approximate surface area is 151 Å². The summed E-state index contributed by atoms with van der Waals surface area (Å²) < 4.78 is 10.3. The topological polar surface area (TPSA) is 54.0 Å². The second-order valence-corrected chi connectivity index (χ2v) is 6.59. The lowest BCUT2D eigenvalue weighted by molar-refractivity contribution is -0.122. The molecule has 1 saturated heterocycles. The summed E-state index contributed by atoms with van der Waals surface area (Å²) >= 11 is 0. The zero-order valence-electron chi connectivity index (χ0n) is 15.7. The maximum atomic E-state index is 12.3. The van der Waals surface area contributed by atoms with Gasteiger partial charge in [0.15, 0.2) is 0 Å². The molecular weight excluding hydrogens is 318 g/mol. The first kappa shape index (κ1) is 19.7. The van der Waals surface area contributed by atoms with E-state index in [9.17, 15) is 4.79 Å². The fourth-order valence-corrected chi connectivity index (χ4v) is 3.00. The quantitative estimate of drug-likeness (QED) is 0.685. The molecule has 1 heterocycles. The molecule has 140 valence electrons. The van der Waals surface area contributed by atoms with E-state index in [4.69, 9.17) is 9.47 Å². The van der Waals surface area contributed by atoms with Crippen LogP contribution in [0, 0.1) is 0 Å². The van der Waals surface area contributed by atoms with Gasteiger partial charge >= 0.3 is 0 Å². The number of nitrogens with zero attached hydrogens (tertiary/aromatic N) is 2. The highest BCUT2D eigenvalue weighted by Crippen LogP contribution is 2.19. The summed E-state index contributed by atoms with van der Waals surface area (Å²) in [5, 5.41) is 3.20. The Balaban J connectivity index is 2.00. The molecule has 25 heavy (non-hydrogen) atoms. The summed E-state index contributed by atoms with van der Waals surface area (Å²) in [5.74, 6) is 0.903. The first-order chi connectivity index (χ1) is 12.1. The van der Waals surface area contributed by atoms with Crippen LogP contribution in [-0.4, -0.2) is 76.3 Å². The summed E-state index contributed by atoms with van der Waals surface area (Å²) in [7, 11) is 5.47. The number of likely N-dealkylation sites (N-methyl/N-ethyl adjacent to an activating group) is 1. The number of amides is 1. The molecule has 1 aliphatic heterocycles. The summed E-state index contributed by atoms with van der Waals surface area (Å²) in [6.45, 7) is 5.63. The van der Waals surface area contributed by atoms with E-state index in [0.29, 0.717) is 13.0 Å². The molecule has 1 fully saturated rings. The SMILES string of the molecule is COCCCC(=O)N[C@H](CN1CCN(C)CC1)c1ccc(OC)cc1. The first-order valence-electron chi connectivity index (χ1n) is 8.95. The molecule has 1 aromatic carbocycles. The smallest absolute Gasteiger partial charge is 0.220 e. The number of benzene rings is 1. The molecule has 1 N–H and O–H groups in total. The van der Waals surface area contributed by atoms with Gasteiger partial charge in [0.05, 0.1) is 13.2 Å². The molecule has 2 rings (SSSR count). The van der Waals surface area contributed by atoms with Crippen LogP contribution in [0.4, 0.5) is 0 Å². The zero-order chi connectivity index (χ0) is 18.1. The van der Waals surface area contributed by atoms with E-state index in [0.717, 1.165) is 50.5 Å². The predicted molar refractivity (Wildman–Crippen MR) is 98.9 cm³/mol. The van der Waals surface area contributed by atoms with Crippen LogP contribution in [-0.2, 0) is 9.53 Å². The number of carbonyl (C=O) groups is 1. The standard InChI is InChI=1S/C19H31N3O3/c1-21-10-12-22(13-11-21)15-18(20-19(23)5-4-14-24-2)16-6-8-17(25-3)9-7-16/h6-9,18H,4-5,10-15H2,1-3H3,(H,20,23)/t18-/m1/s1.